The highest BCUT2D eigenvalue weighted by Gasteiger charge is 2.14. The van der Waals surface area contributed by atoms with E-state index in [1.165, 1.54) is 0 Å². The number of H-pyrrole nitrogens is 1. The standard InChI is InChI=1S/C24H28N4O2/c1-6-22-27-20-8-7-17(12-21(20)28-22)19-11-13(2)18(9-14(19)3)10-15(4)24(30)26-16(5)23(25)29/h7-12,16H,6H2,1-5H3,(H2,25,29)(H,26,30)(H,27,28)/b15-10+/t16-/m1/s1. The number of carbonyl (C=O) groups is 2. The first kappa shape index (κ1) is 21.3. The monoisotopic (exact) mass is 404 g/mol. The van der Waals surface area contributed by atoms with Crippen LogP contribution in [0.5, 0.6) is 0 Å². The first-order chi connectivity index (χ1) is 14.2. The van der Waals surface area contributed by atoms with Crippen LogP contribution in [0.3, 0.4) is 0 Å². The Kier molecular flexibility index (Phi) is 6.06. The molecule has 0 radical (unpaired) electrons. The summed E-state index contributed by atoms with van der Waals surface area (Å²) in [5.41, 5.74) is 13.1. The van der Waals surface area contributed by atoms with Gasteiger partial charge in [-0.15, -0.1) is 0 Å². The Balaban J connectivity index is 1.92. The number of nitrogens with two attached hydrogens (primary N) is 1. The van der Waals surface area contributed by atoms with Crippen molar-refractivity contribution in [2.24, 2.45) is 5.73 Å². The van der Waals surface area contributed by atoms with Crippen LogP contribution in [0.15, 0.2) is 35.9 Å². The summed E-state index contributed by atoms with van der Waals surface area (Å²) in [6, 6.07) is 9.76. The predicted molar refractivity (Wildman–Crippen MR) is 121 cm³/mol. The number of amides is 2. The van der Waals surface area contributed by atoms with Crippen molar-refractivity contribution in [2.45, 2.75) is 47.1 Å². The number of nitrogens with one attached hydrogen (secondary N) is 2. The molecule has 0 unspecified atom stereocenters. The third-order valence-corrected chi connectivity index (χ3v) is 5.30. The summed E-state index contributed by atoms with van der Waals surface area (Å²) in [5, 5.41) is 2.60. The van der Waals surface area contributed by atoms with E-state index in [0.29, 0.717) is 5.57 Å². The van der Waals surface area contributed by atoms with Gasteiger partial charge in [0.25, 0.3) is 0 Å². The number of carbonyl (C=O) groups excluding carboxylic acids is 2. The number of nitrogens with zero attached hydrogens (tertiary/aromatic N) is 1. The maximum atomic E-state index is 12.3. The van der Waals surface area contributed by atoms with Crippen LogP contribution in [0, 0.1) is 13.8 Å². The highest BCUT2D eigenvalue weighted by atomic mass is 16.2. The van der Waals surface area contributed by atoms with Gasteiger partial charge < -0.3 is 16.0 Å². The van der Waals surface area contributed by atoms with E-state index in [1.54, 1.807) is 13.8 Å². The first-order valence-electron chi connectivity index (χ1n) is 10.1. The van der Waals surface area contributed by atoms with Gasteiger partial charge in [0.15, 0.2) is 0 Å². The zero-order valence-corrected chi connectivity index (χ0v) is 18.1. The van der Waals surface area contributed by atoms with Gasteiger partial charge in [0.2, 0.25) is 11.8 Å². The topological polar surface area (TPSA) is 101 Å². The van der Waals surface area contributed by atoms with Crippen LogP contribution in [-0.2, 0) is 16.0 Å². The Bertz CT molecular complexity index is 1160. The molecule has 0 saturated heterocycles. The predicted octanol–water partition coefficient (Wildman–Crippen LogP) is 3.80. The molecule has 0 bridgehead atoms. The number of aromatic amines is 1. The molecule has 1 atom stereocenters. The van der Waals surface area contributed by atoms with Crippen LogP contribution in [0.25, 0.3) is 28.2 Å². The van der Waals surface area contributed by atoms with Crippen LogP contribution in [0.2, 0.25) is 0 Å². The van der Waals surface area contributed by atoms with Gasteiger partial charge in [-0.1, -0.05) is 25.1 Å². The highest BCUT2D eigenvalue weighted by molar-refractivity contribution is 5.99. The Morgan fingerprint density at radius 1 is 1.20 bits per heavy atom. The molecule has 3 rings (SSSR count). The van der Waals surface area contributed by atoms with Gasteiger partial charge >= 0.3 is 0 Å². The fourth-order valence-corrected chi connectivity index (χ4v) is 3.38. The molecule has 6 nitrogen and oxygen atoms in total. The second-order valence-electron chi connectivity index (χ2n) is 7.72. The lowest BCUT2D eigenvalue weighted by Crippen LogP contribution is -2.42. The fraction of sp³-hybridized carbons (Fsp3) is 0.292. The number of hydrogen-bond acceptors (Lipinski definition) is 3. The van der Waals surface area contributed by atoms with Crippen LogP contribution in [0.1, 0.15) is 43.3 Å². The highest BCUT2D eigenvalue weighted by Crippen LogP contribution is 2.29. The largest absolute Gasteiger partial charge is 0.368 e. The molecule has 0 spiro atoms. The lowest BCUT2D eigenvalue weighted by molar-refractivity contribution is -0.124. The van der Waals surface area contributed by atoms with Crippen molar-refractivity contribution in [3.63, 3.8) is 0 Å². The Morgan fingerprint density at radius 2 is 1.93 bits per heavy atom. The Morgan fingerprint density at radius 3 is 2.60 bits per heavy atom. The maximum Gasteiger partial charge on any atom is 0.247 e. The molecule has 6 heteroatoms. The molecule has 2 aromatic carbocycles. The number of benzene rings is 2. The average molecular weight is 405 g/mol. The van der Waals surface area contributed by atoms with E-state index >= 15 is 0 Å². The van der Waals surface area contributed by atoms with Gasteiger partial charge in [0, 0.05) is 12.0 Å². The molecule has 30 heavy (non-hydrogen) atoms. The van der Waals surface area contributed by atoms with E-state index in [9.17, 15) is 9.59 Å². The Labute approximate surface area is 176 Å². The molecule has 4 N–H and O–H groups in total. The molecular formula is C24H28N4O2. The zero-order valence-electron chi connectivity index (χ0n) is 18.1. The molecule has 0 aliphatic rings. The molecule has 3 aromatic rings. The molecule has 0 aliphatic heterocycles. The number of aryl methyl sites for hydroxylation is 3. The molecule has 156 valence electrons. The van der Waals surface area contributed by atoms with Crippen LogP contribution >= 0.6 is 0 Å². The van der Waals surface area contributed by atoms with Gasteiger partial charge in [0.1, 0.15) is 11.9 Å². The van der Waals surface area contributed by atoms with E-state index in [0.717, 1.165) is 51.1 Å². The third kappa shape index (κ3) is 4.43. The van der Waals surface area contributed by atoms with Gasteiger partial charge in [-0.3, -0.25) is 9.59 Å². The molecule has 2 amide bonds. The lowest BCUT2D eigenvalue weighted by Gasteiger charge is -2.13. The number of hydrogen-bond donors (Lipinski definition) is 3. The van der Waals surface area contributed by atoms with Crippen LogP contribution in [0.4, 0.5) is 0 Å². The average Bonchev–Trinajstić information content (AvgIpc) is 3.12. The van der Waals surface area contributed by atoms with Crippen molar-refractivity contribution in [3.8, 4) is 11.1 Å². The zero-order chi connectivity index (χ0) is 22.0. The minimum absolute atomic E-state index is 0.307. The van der Waals surface area contributed by atoms with Gasteiger partial charge in [-0.05, 0) is 73.7 Å². The van der Waals surface area contributed by atoms with Crippen molar-refractivity contribution in [2.75, 3.05) is 0 Å². The van der Waals surface area contributed by atoms with Crippen LogP contribution < -0.4 is 11.1 Å². The summed E-state index contributed by atoms with van der Waals surface area (Å²) < 4.78 is 0. The van der Waals surface area contributed by atoms with Crippen molar-refractivity contribution < 1.29 is 9.59 Å². The van der Waals surface area contributed by atoms with Crippen molar-refractivity contribution in [1.29, 1.82) is 0 Å². The van der Waals surface area contributed by atoms with Gasteiger partial charge in [-0.2, -0.15) is 0 Å². The summed E-state index contributed by atoms with van der Waals surface area (Å²) in [4.78, 5) is 31.4. The SMILES string of the molecule is CCc1nc2cc(-c3cc(C)c(/C=C(\C)C(=O)N[C@H](C)C(N)=O)cc3C)ccc2[nH]1. The second kappa shape index (κ2) is 8.53. The quantitative estimate of drug-likeness (QED) is 0.545. The molecule has 0 fully saturated rings. The minimum atomic E-state index is -0.712. The second-order valence-corrected chi connectivity index (χ2v) is 7.72. The van der Waals surface area contributed by atoms with Crippen molar-refractivity contribution in [1.82, 2.24) is 15.3 Å². The van der Waals surface area contributed by atoms with E-state index in [-0.39, 0.29) is 5.91 Å². The number of rotatable bonds is 6. The Hall–Kier alpha value is -3.41. The normalized spacial score (nSPS) is 12.8. The number of aromatic nitrogens is 2. The number of primary amides is 1. The first-order valence-corrected chi connectivity index (χ1v) is 10.1. The number of fused-ring (bicyclic) bond motifs is 1. The summed E-state index contributed by atoms with van der Waals surface area (Å²) in [6.45, 7) is 9.45. The number of imidazole rings is 1. The molecule has 0 aliphatic carbocycles. The summed E-state index contributed by atoms with van der Waals surface area (Å²) in [7, 11) is 0. The smallest absolute Gasteiger partial charge is 0.247 e. The van der Waals surface area contributed by atoms with Crippen molar-refractivity contribution >= 4 is 28.9 Å². The fourth-order valence-electron chi connectivity index (χ4n) is 3.38. The summed E-state index contributed by atoms with van der Waals surface area (Å²) in [6.07, 6.45) is 2.70. The lowest BCUT2D eigenvalue weighted by atomic mass is 9.94. The van der Waals surface area contributed by atoms with Crippen molar-refractivity contribution in [3.05, 3.63) is 58.4 Å². The van der Waals surface area contributed by atoms with E-state index in [4.69, 9.17) is 5.73 Å². The van der Waals surface area contributed by atoms with E-state index < -0.39 is 11.9 Å². The minimum Gasteiger partial charge on any atom is -0.368 e. The van der Waals surface area contributed by atoms with E-state index in [2.05, 4.69) is 59.5 Å². The third-order valence-electron chi connectivity index (χ3n) is 5.30. The molecule has 1 aromatic heterocycles. The molecule has 1 heterocycles. The summed E-state index contributed by atoms with van der Waals surface area (Å²) >= 11 is 0. The van der Waals surface area contributed by atoms with Gasteiger partial charge in [-0.25, -0.2) is 4.98 Å². The van der Waals surface area contributed by atoms with Crippen LogP contribution in [-0.4, -0.2) is 27.8 Å². The summed E-state index contributed by atoms with van der Waals surface area (Å²) in [5.74, 6) is 0.112. The van der Waals surface area contributed by atoms with E-state index in [1.807, 2.05) is 13.0 Å². The molecule has 0 saturated carbocycles. The maximum absolute atomic E-state index is 12.3. The van der Waals surface area contributed by atoms with Gasteiger partial charge in [0.05, 0.1) is 11.0 Å². The molecular weight excluding hydrogens is 376 g/mol.